The number of carboxylic acids is 1. The number of rotatable bonds is 5. The number of benzene rings is 1. The highest BCUT2D eigenvalue weighted by atomic mass is 16.5. The molecule has 0 aromatic heterocycles. The maximum atomic E-state index is 10.7. The molecule has 0 radical (unpaired) electrons. The van der Waals surface area contributed by atoms with Gasteiger partial charge in [-0.25, -0.2) is 0 Å². The molecule has 1 N–H and O–H groups in total. The quantitative estimate of drug-likeness (QED) is 0.882. The van der Waals surface area contributed by atoms with E-state index in [1.165, 1.54) is 0 Å². The Labute approximate surface area is 112 Å². The van der Waals surface area contributed by atoms with Crippen molar-refractivity contribution in [1.29, 1.82) is 0 Å². The highest BCUT2D eigenvalue weighted by molar-refractivity contribution is 5.67. The fourth-order valence-corrected chi connectivity index (χ4v) is 2.46. The van der Waals surface area contributed by atoms with Gasteiger partial charge in [0.1, 0.15) is 11.5 Å². The van der Waals surface area contributed by atoms with Gasteiger partial charge in [-0.2, -0.15) is 0 Å². The molecule has 1 unspecified atom stereocenters. The molecule has 1 aliphatic rings. The first-order chi connectivity index (χ1) is 9.12. The summed E-state index contributed by atoms with van der Waals surface area (Å²) in [6.07, 6.45) is 1.14. The monoisotopic (exact) mass is 265 g/mol. The molecule has 1 fully saturated rings. The molecule has 0 bridgehead atoms. The van der Waals surface area contributed by atoms with Crippen molar-refractivity contribution in [3.05, 3.63) is 18.2 Å². The second kappa shape index (κ2) is 5.82. The molecule has 1 aliphatic heterocycles. The van der Waals surface area contributed by atoms with E-state index in [0.29, 0.717) is 0 Å². The van der Waals surface area contributed by atoms with Gasteiger partial charge in [-0.3, -0.25) is 4.79 Å². The Balaban J connectivity index is 2.12. The van der Waals surface area contributed by atoms with Crippen molar-refractivity contribution in [2.75, 3.05) is 32.2 Å². The largest absolute Gasteiger partial charge is 0.497 e. The minimum absolute atomic E-state index is 0.217. The van der Waals surface area contributed by atoms with Gasteiger partial charge in [0.2, 0.25) is 0 Å². The van der Waals surface area contributed by atoms with Gasteiger partial charge in [-0.1, -0.05) is 0 Å². The van der Waals surface area contributed by atoms with E-state index in [4.69, 9.17) is 14.6 Å². The van der Waals surface area contributed by atoms with Crippen molar-refractivity contribution in [3.63, 3.8) is 0 Å². The maximum Gasteiger partial charge on any atom is 0.303 e. The maximum absolute atomic E-state index is 10.7. The summed E-state index contributed by atoms with van der Waals surface area (Å²) in [5.41, 5.74) is 1.02. The third kappa shape index (κ3) is 3.30. The van der Waals surface area contributed by atoms with Crippen LogP contribution in [0.25, 0.3) is 0 Å². The van der Waals surface area contributed by atoms with Crippen LogP contribution in [0.3, 0.4) is 0 Å². The van der Waals surface area contributed by atoms with Gasteiger partial charge in [-0.15, -0.1) is 0 Å². The Morgan fingerprint density at radius 3 is 2.47 bits per heavy atom. The van der Waals surface area contributed by atoms with Crippen molar-refractivity contribution in [2.24, 2.45) is 5.92 Å². The summed E-state index contributed by atoms with van der Waals surface area (Å²) in [7, 11) is 3.24. The zero-order valence-corrected chi connectivity index (χ0v) is 11.3. The van der Waals surface area contributed by atoms with E-state index in [1.54, 1.807) is 14.2 Å². The van der Waals surface area contributed by atoms with Gasteiger partial charge >= 0.3 is 5.97 Å². The second-order valence-corrected chi connectivity index (χ2v) is 4.77. The van der Waals surface area contributed by atoms with Gasteiger partial charge in [-0.05, 0) is 12.3 Å². The number of carboxylic acid groups (broad SMARTS) is 1. The fourth-order valence-electron chi connectivity index (χ4n) is 2.46. The molecule has 0 saturated carbocycles. The summed E-state index contributed by atoms with van der Waals surface area (Å²) in [4.78, 5) is 12.9. The fraction of sp³-hybridized carbons (Fsp3) is 0.500. The summed E-state index contributed by atoms with van der Waals surface area (Å²) < 4.78 is 10.5. The summed E-state index contributed by atoms with van der Waals surface area (Å²) in [5, 5.41) is 8.84. The number of methoxy groups -OCH3 is 2. The van der Waals surface area contributed by atoms with Crippen LogP contribution in [0.5, 0.6) is 11.5 Å². The predicted molar refractivity (Wildman–Crippen MR) is 72.1 cm³/mol. The van der Waals surface area contributed by atoms with E-state index in [0.717, 1.165) is 36.7 Å². The van der Waals surface area contributed by atoms with Crippen LogP contribution in [0, 0.1) is 5.92 Å². The number of nitrogens with zero attached hydrogens (tertiary/aromatic N) is 1. The van der Waals surface area contributed by atoms with Crippen molar-refractivity contribution in [3.8, 4) is 11.5 Å². The molecule has 5 nitrogen and oxygen atoms in total. The molecular formula is C14H19NO4. The topological polar surface area (TPSA) is 59.0 Å². The minimum atomic E-state index is -0.727. The van der Waals surface area contributed by atoms with Crippen LogP contribution in [-0.4, -0.2) is 38.4 Å². The predicted octanol–water partition coefficient (Wildman–Crippen LogP) is 2.00. The number of hydrogen-bond donors (Lipinski definition) is 1. The smallest absolute Gasteiger partial charge is 0.303 e. The lowest BCUT2D eigenvalue weighted by atomic mass is 10.1. The van der Waals surface area contributed by atoms with E-state index < -0.39 is 5.97 Å². The van der Waals surface area contributed by atoms with Crippen LogP contribution >= 0.6 is 0 Å². The summed E-state index contributed by atoms with van der Waals surface area (Å²) in [6.45, 7) is 1.64. The summed E-state index contributed by atoms with van der Waals surface area (Å²) in [6, 6.07) is 5.73. The highest BCUT2D eigenvalue weighted by Gasteiger charge is 2.25. The number of ether oxygens (including phenoxy) is 2. The number of anilines is 1. The van der Waals surface area contributed by atoms with Crippen molar-refractivity contribution < 1.29 is 19.4 Å². The normalized spacial score (nSPS) is 18.4. The summed E-state index contributed by atoms with van der Waals surface area (Å²) in [5.74, 6) is 0.983. The molecule has 1 saturated heterocycles. The lowest BCUT2D eigenvalue weighted by molar-refractivity contribution is -0.137. The molecule has 1 aromatic carbocycles. The van der Waals surface area contributed by atoms with Gasteiger partial charge in [0.25, 0.3) is 0 Å². The Morgan fingerprint density at radius 1 is 1.32 bits per heavy atom. The number of aliphatic carboxylic acids is 1. The van der Waals surface area contributed by atoms with E-state index in [1.807, 2.05) is 18.2 Å². The molecule has 5 heteroatoms. The van der Waals surface area contributed by atoms with E-state index in [2.05, 4.69) is 4.90 Å². The van der Waals surface area contributed by atoms with Gasteiger partial charge < -0.3 is 19.5 Å². The second-order valence-electron chi connectivity index (χ2n) is 4.77. The lowest BCUT2D eigenvalue weighted by Gasteiger charge is -2.20. The average molecular weight is 265 g/mol. The zero-order chi connectivity index (χ0) is 13.8. The molecule has 2 rings (SSSR count). The minimum Gasteiger partial charge on any atom is -0.497 e. The molecule has 0 aliphatic carbocycles. The Morgan fingerprint density at radius 2 is 1.95 bits per heavy atom. The van der Waals surface area contributed by atoms with Crippen LogP contribution in [0.4, 0.5) is 5.69 Å². The van der Waals surface area contributed by atoms with Crippen molar-refractivity contribution in [1.82, 2.24) is 0 Å². The van der Waals surface area contributed by atoms with Gasteiger partial charge in [0.05, 0.1) is 14.2 Å². The van der Waals surface area contributed by atoms with E-state index >= 15 is 0 Å². The van der Waals surface area contributed by atoms with Crippen LogP contribution in [0.1, 0.15) is 12.8 Å². The van der Waals surface area contributed by atoms with Crippen molar-refractivity contribution in [2.45, 2.75) is 12.8 Å². The van der Waals surface area contributed by atoms with Crippen LogP contribution in [-0.2, 0) is 4.79 Å². The van der Waals surface area contributed by atoms with E-state index in [9.17, 15) is 4.79 Å². The molecular weight excluding hydrogens is 246 g/mol. The molecule has 19 heavy (non-hydrogen) atoms. The first-order valence-corrected chi connectivity index (χ1v) is 6.32. The Bertz CT molecular complexity index is 439. The molecule has 0 amide bonds. The van der Waals surface area contributed by atoms with Crippen molar-refractivity contribution >= 4 is 11.7 Å². The molecule has 1 heterocycles. The molecule has 0 spiro atoms. The third-order valence-electron chi connectivity index (χ3n) is 3.45. The molecule has 1 atom stereocenters. The first-order valence-electron chi connectivity index (χ1n) is 6.32. The SMILES string of the molecule is COc1cc(OC)cc(N2CCC(CC(=O)O)C2)c1. The molecule has 1 aromatic rings. The first kappa shape index (κ1) is 13.5. The average Bonchev–Trinajstić information content (AvgIpc) is 2.85. The molecule has 104 valence electrons. The van der Waals surface area contributed by atoms with E-state index in [-0.39, 0.29) is 12.3 Å². The third-order valence-corrected chi connectivity index (χ3v) is 3.45. The van der Waals surface area contributed by atoms with Gasteiger partial charge in [0, 0.05) is 43.4 Å². The Hall–Kier alpha value is -1.91. The van der Waals surface area contributed by atoms with Crippen LogP contribution < -0.4 is 14.4 Å². The standard InChI is InChI=1S/C14H19NO4/c1-18-12-6-11(7-13(8-12)19-2)15-4-3-10(9-15)5-14(16)17/h6-8,10H,3-5,9H2,1-2H3,(H,16,17). The lowest BCUT2D eigenvalue weighted by Crippen LogP contribution is -2.20. The highest BCUT2D eigenvalue weighted by Crippen LogP contribution is 2.32. The summed E-state index contributed by atoms with van der Waals surface area (Å²) >= 11 is 0. The zero-order valence-electron chi connectivity index (χ0n) is 11.3. The number of hydrogen-bond acceptors (Lipinski definition) is 4. The van der Waals surface area contributed by atoms with Gasteiger partial charge in [0.15, 0.2) is 0 Å². The van der Waals surface area contributed by atoms with Crippen LogP contribution in [0.2, 0.25) is 0 Å². The number of carbonyl (C=O) groups is 1. The Kier molecular flexibility index (Phi) is 4.14. The van der Waals surface area contributed by atoms with Crippen LogP contribution in [0.15, 0.2) is 18.2 Å².